The molecule has 1 heteroatoms. The molecular formula is C12H18O. The largest absolute Gasteiger partial charge is 0.374 e. The minimum Gasteiger partial charge on any atom is -0.374 e. The summed E-state index contributed by atoms with van der Waals surface area (Å²) >= 11 is 0. The summed E-state index contributed by atoms with van der Waals surface area (Å²) in [5, 5.41) is 0. The lowest BCUT2D eigenvalue weighted by molar-refractivity contribution is 0.134. The van der Waals surface area contributed by atoms with Crippen LogP contribution in [0.2, 0.25) is 0 Å². The fourth-order valence-electron chi connectivity index (χ4n) is 1.99. The van der Waals surface area contributed by atoms with E-state index in [1.165, 1.54) is 12.0 Å². The third kappa shape index (κ3) is 1.71. The molecular weight excluding hydrogens is 160 g/mol. The van der Waals surface area contributed by atoms with Gasteiger partial charge in [0.1, 0.15) is 0 Å². The van der Waals surface area contributed by atoms with E-state index in [-0.39, 0.29) is 5.41 Å². The zero-order chi connectivity index (χ0) is 9.47. The first kappa shape index (κ1) is 9.01. The van der Waals surface area contributed by atoms with Crippen LogP contribution in [0, 0.1) is 11.3 Å². The van der Waals surface area contributed by atoms with Crippen LogP contribution in [0.5, 0.6) is 0 Å². The van der Waals surface area contributed by atoms with Gasteiger partial charge in [-0.3, -0.25) is 0 Å². The Labute approximate surface area is 80.5 Å². The Kier molecular flexibility index (Phi) is 2.07. The van der Waals surface area contributed by atoms with Crippen molar-refractivity contribution < 1.29 is 4.74 Å². The minimum atomic E-state index is 0.282. The van der Waals surface area contributed by atoms with Crippen molar-refractivity contribution >= 4 is 0 Å². The summed E-state index contributed by atoms with van der Waals surface area (Å²) in [7, 11) is 0. The van der Waals surface area contributed by atoms with Gasteiger partial charge in [-0.1, -0.05) is 39.0 Å². The lowest BCUT2D eigenvalue weighted by atomic mass is 9.80. The molecule has 1 saturated heterocycles. The second kappa shape index (κ2) is 2.98. The van der Waals surface area contributed by atoms with E-state index >= 15 is 0 Å². The zero-order valence-corrected chi connectivity index (χ0v) is 8.71. The number of hydrogen-bond acceptors (Lipinski definition) is 1. The van der Waals surface area contributed by atoms with E-state index in [1.54, 1.807) is 0 Å². The third-order valence-electron chi connectivity index (χ3n) is 2.91. The molecule has 0 N–H and O–H groups in total. The van der Waals surface area contributed by atoms with Crippen molar-refractivity contribution in [1.29, 1.82) is 0 Å². The Morgan fingerprint density at radius 1 is 1.38 bits per heavy atom. The fraction of sp³-hybridized carbons (Fsp3) is 0.667. The lowest BCUT2D eigenvalue weighted by Gasteiger charge is -2.26. The van der Waals surface area contributed by atoms with Crippen molar-refractivity contribution in [3.63, 3.8) is 0 Å². The smallest absolute Gasteiger partial charge is 0.0822 e. The highest BCUT2D eigenvalue weighted by Gasteiger charge is 2.29. The van der Waals surface area contributed by atoms with E-state index in [1.807, 2.05) is 0 Å². The summed E-state index contributed by atoms with van der Waals surface area (Å²) < 4.78 is 5.59. The van der Waals surface area contributed by atoms with Gasteiger partial charge in [0.25, 0.3) is 0 Å². The molecule has 2 aliphatic rings. The van der Waals surface area contributed by atoms with Gasteiger partial charge in [0.2, 0.25) is 0 Å². The van der Waals surface area contributed by atoms with Gasteiger partial charge in [0.05, 0.1) is 6.10 Å². The Morgan fingerprint density at radius 2 is 2.15 bits per heavy atom. The van der Waals surface area contributed by atoms with Crippen LogP contribution in [0.25, 0.3) is 0 Å². The molecule has 13 heavy (non-hydrogen) atoms. The summed E-state index contributed by atoms with van der Waals surface area (Å²) in [4.78, 5) is 0. The van der Waals surface area contributed by atoms with E-state index in [9.17, 15) is 0 Å². The van der Waals surface area contributed by atoms with Crippen LogP contribution in [-0.4, -0.2) is 12.7 Å². The van der Waals surface area contributed by atoms with Crippen molar-refractivity contribution in [2.45, 2.75) is 33.3 Å². The maximum Gasteiger partial charge on any atom is 0.0822 e. The van der Waals surface area contributed by atoms with Crippen LogP contribution < -0.4 is 0 Å². The van der Waals surface area contributed by atoms with E-state index in [4.69, 9.17) is 4.74 Å². The maximum atomic E-state index is 5.59. The molecule has 0 spiro atoms. The van der Waals surface area contributed by atoms with Crippen molar-refractivity contribution in [2.75, 3.05) is 6.61 Å². The lowest BCUT2D eigenvalue weighted by Crippen LogP contribution is -2.19. The molecule has 0 bridgehead atoms. The topological polar surface area (TPSA) is 9.23 Å². The highest BCUT2D eigenvalue weighted by atomic mass is 16.5. The molecule has 0 aromatic carbocycles. The predicted molar refractivity (Wildman–Crippen MR) is 54.5 cm³/mol. The standard InChI is InChI=1S/C12H18O/c1-12(2,3)10-4-5-11-9(8-10)6-7-13-11/h4-5,8-9,11H,6-7H2,1-3H3. The van der Waals surface area contributed by atoms with Gasteiger partial charge < -0.3 is 4.74 Å². The maximum absolute atomic E-state index is 5.59. The molecule has 1 aliphatic heterocycles. The molecule has 1 heterocycles. The second-order valence-electron chi connectivity index (χ2n) is 5.02. The van der Waals surface area contributed by atoms with Crippen LogP contribution >= 0.6 is 0 Å². The molecule has 2 atom stereocenters. The van der Waals surface area contributed by atoms with Crippen molar-refractivity contribution in [3.05, 3.63) is 23.8 Å². The molecule has 72 valence electrons. The van der Waals surface area contributed by atoms with E-state index < -0.39 is 0 Å². The molecule has 2 rings (SSSR count). The molecule has 0 amide bonds. The zero-order valence-electron chi connectivity index (χ0n) is 8.71. The van der Waals surface area contributed by atoms with Crippen LogP contribution in [0.3, 0.4) is 0 Å². The highest BCUT2D eigenvalue weighted by Crippen LogP contribution is 2.35. The molecule has 2 unspecified atom stereocenters. The summed E-state index contributed by atoms with van der Waals surface area (Å²) in [6.07, 6.45) is 8.41. The Morgan fingerprint density at radius 3 is 2.85 bits per heavy atom. The number of allylic oxidation sites excluding steroid dienone is 2. The van der Waals surface area contributed by atoms with Gasteiger partial charge in [-0.05, 0) is 17.4 Å². The predicted octanol–water partition coefficient (Wildman–Crippen LogP) is 2.93. The normalized spacial score (nSPS) is 33.0. The first-order chi connectivity index (χ1) is 6.07. The van der Waals surface area contributed by atoms with E-state index in [0.717, 1.165) is 6.61 Å². The van der Waals surface area contributed by atoms with Gasteiger partial charge in [0.15, 0.2) is 0 Å². The average Bonchev–Trinajstić information content (AvgIpc) is 2.47. The Bertz CT molecular complexity index is 255. The van der Waals surface area contributed by atoms with Gasteiger partial charge >= 0.3 is 0 Å². The van der Waals surface area contributed by atoms with Crippen molar-refractivity contribution in [1.82, 2.24) is 0 Å². The number of hydrogen-bond donors (Lipinski definition) is 0. The molecule has 1 fully saturated rings. The van der Waals surface area contributed by atoms with Crippen molar-refractivity contribution in [2.24, 2.45) is 11.3 Å². The first-order valence-electron chi connectivity index (χ1n) is 5.09. The summed E-state index contributed by atoms with van der Waals surface area (Å²) in [5.41, 5.74) is 1.74. The Balaban J connectivity index is 2.20. The summed E-state index contributed by atoms with van der Waals surface area (Å²) in [6.45, 7) is 7.71. The average molecular weight is 178 g/mol. The van der Waals surface area contributed by atoms with Gasteiger partial charge in [-0.2, -0.15) is 0 Å². The second-order valence-corrected chi connectivity index (χ2v) is 5.02. The number of rotatable bonds is 0. The molecule has 1 aliphatic carbocycles. The molecule has 0 saturated carbocycles. The highest BCUT2D eigenvalue weighted by molar-refractivity contribution is 5.31. The fourth-order valence-corrected chi connectivity index (χ4v) is 1.99. The van der Waals surface area contributed by atoms with Crippen LogP contribution in [0.4, 0.5) is 0 Å². The SMILES string of the molecule is CC(C)(C)C1=CC2CCOC2C=C1. The van der Waals surface area contributed by atoms with Crippen LogP contribution in [-0.2, 0) is 4.74 Å². The molecule has 0 aromatic rings. The molecule has 0 radical (unpaired) electrons. The number of fused-ring (bicyclic) bond motifs is 1. The summed E-state index contributed by atoms with van der Waals surface area (Å²) in [6, 6.07) is 0. The Hall–Kier alpha value is -0.560. The van der Waals surface area contributed by atoms with Crippen molar-refractivity contribution in [3.8, 4) is 0 Å². The number of ether oxygens (including phenoxy) is 1. The molecule has 1 nitrogen and oxygen atoms in total. The van der Waals surface area contributed by atoms with Gasteiger partial charge in [-0.25, -0.2) is 0 Å². The molecule has 0 aromatic heterocycles. The van der Waals surface area contributed by atoms with Gasteiger partial charge in [-0.15, -0.1) is 0 Å². The first-order valence-corrected chi connectivity index (χ1v) is 5.09. The van der Waals surface area contributed by atoms with Crippen LogP contribution in [0.1, 0.15) is 27.2 Å². The van der Waals surface area contributed by atoms with Gasteiger partial charge in [0, 0.05) is 12.5 Å². The monoisotopic (exact) mass is 178 g/mol. The minimum absolute atomic E-state index is 0.282. The van der Waals surface area contributed by atoms with E-state index in [2.05, 4.69) is 39.0 Å². The van der Waals surface area contributed by atoms with E-state index in [0.29, 0.717) is 12.0 Å². The van der Waals surface area contributed by atoms with Crippen LogP contribution in [0.15, 0.2) is 23.8 Å². The third-order valence-corrected chi connectivity index (χ3v) is 2.91. The quantitative estimate of drug-likeness (QED) is 0.554. The summed E-state index contributed by atoms with van der Waals surface area (Å²) in [5.74, 6) is 0.638.